The number of methoxy groups -OCH3 is 1. The quantitative estimate of drug-likeness (QED) is 0.776. The molecule has 1 atom stereocenters. The van der Waals surface area contributed by atoms with Gasteiger partial charge >= 0.3 is 0 Å². The molecular formula is C18H25ClN2O2S. The van der Waals surface area contributed by atoms with Crippen molar-refractivity contribution in [2.24, 2.45) is 5.73 Å². The van der Waals surface area contributed by atoms with Crippen molar-refractivity contribution in [2.45, 2.75) is 38.8 Å². The number of hydrogen-bond donors (Lipinski definition) is 2. The summed E-state index contributed by atoms with van der Waals surface area (Å²) in [5.74, 6) is 0.745. The molecule has 1 heterocycles. The van der Waals surface area contributed by atoms with Gasteiger partial charge < -0.3 is 15.8 Å². The van der Waals surface area contributed by atoms with Gasteiger partial charge in [-0.15, -0.1) is 23.7 Å². The van der Waals surface area contributed by atoms with Crippen LogP contribution in [0, 0.1) is 0 Å². The predicted octanol–water partition coefficient (Wildman–Crippen LogP) is 3.98. The van der Waals surface area contributed by atoms with E-state index < -0.39 is 5.54 Å². The van der Waals surface area contributed by atoms with Crippen molar-refractivity contribution in [1.29, 1.82) is 0 Å². The van der Waals surface area contributed by atoms with E-state index in [2.05, 4.69) is 11.4 Å². The zero-order valence-corrected chi connectivity index (χ0v) is 15.9. The number of nitrogens with one attached hydrogen (secondary N) is 1. The van der Waals surface area contributed by atoms with Crippen LogP contribution in [0.5, 0.6) is 5.75 Å². The van der Waals surface area contributed by atoms with E-state index in [1.165, 1.54) is 4.88 Å². The lowest BCUT2D eigenvalue weighted by molar-refractivity contribution is -0.126. The minimum absolute atomic E-state index is 0. The summed E-state index contributed by atoms with van der Waals surface area (Å²) in [6.07, 6.45) is 1.57. The topological polar surface area (TPSA) is 64.4 Å². The summed E-state index contributed by atoms with van der Waals surface area (Å²) in [6.45, 7) is 4.32. The molecule has 0 fully saturated rings. The fourth-order valence-corrected chi connectivity index (χ4v) is 3.34. The smallest absolute Gasteiger partial charge is 0.240 e. The van der Waals surface area contributed by atoms with Gasteiger partial charge in [0.2, 0.25) is 5.91 Å². The normalized spacial score (nSPS) is 12.8. The third-order valence-electron chi connectivity index (χ3n) is 3.75. The Morgan fingerprint density at radius 3 is 2.50 bits per heavy atom. The highest BCUT2D eigenvalue weighted by molar-refractivity contribution is 7.15. The van der Waals surface area contributed by atoms with E-state index in [1.807, 2.05) is 37.3 Å². The minimum Gasteiger partial charge on any atom is -0.497 e. The Hall–Kier alpha value is -1.56. The van der Waals surface area contributed by atoms with Crippen molar-refractivity contribution >= 4 is 29.7 Å². The fourth-order valence-electron chi connectivity index (χ4n) is 2.39. The molecule has 3 N–H and O–H groups in total. The molecule has 132 valence electrons. The number of carbonyl (C=O) groups is 1. The molecule has 1 aromatic carbocycles. The van der Waals surface area contributed by atoms with E-state index >= 15 is 0 Å². The molecule has 0 aliphatic carbocycles. The van der Waals surface area contributed by atoms with E-state index in [4.69, 9.17) is 10.5 Å². The second-order valence-corrected chi connectivity index (χ2v) is 7.01. The van der Waals surface area contributed by atoms with Gasteiger partial charge in [-0.25, -0.2) is 0 Å². The average molecular weight is 369 g/mol. The first-order chi connectivity index (χ1) is 11.0. The van der Waals surface area contributed by atoms with E-state index in [0.717, 1.165) is 22.6 Å². The van der Waals surface area contributed by atoms with E-state index in [-0.39, 0.29) is 18.3 Å². The summed E-state index contributed by atoms with van der Waals surface area (Å²) in [5.41, 5.74) is 6.38. The number of rotatable bonds is 7. The molecule has 1 unspecified atom stereocenters. The number of thiophene rings is 1. The highest BCUT2D eigenvalue weighted by Crippen LogP contribution is 2.29. The van der Waals surface area contributed by atoms with Crippen molar-refractivity contribution in [1.82, 2.24) is 5.32 Å². The van der Waals surface area contributed by atoms with Gasteiger partial charge in [0.1, 0.15) is 5.75 Å². The summed E-state index contributed by atoms with van der Waals surface area (Å²) >= 11 is 1.67. The summed E-state index contributed by atoms with van der Waals surface area (Å²) in [7, 11) is 1.66. The zero-order chi connectivity index (χ0) is 16.9. The maximum absolute atomic E-state index is 12.1. The molecule has 2 rings (SSSR count). The summed E-state index contributed by atoms with van der Waals surface area (Å²) in [4.78, 5) is 14.4. The predicted molar refractivity (Wildman–Crippen MR) is 103 cm³/mol. The Morgan fingerprint density at radius 2 is 1.92 bits per heavy atom. The van der Waals surface area contributed by atoms with Crippen molar-refractivity contribution < 1.29 is 9.53 Å². The van der Waals surface area contributed by atoms with Crippen LogP contribution >= 0.6 is 23.7 Å². The first kappa shape index (κ1) is 20.5. The Labute approximate surface area is 153 Å². The van der Waals surface area contributed by atoms with Crippen LogP contribution in [0.1, 0.15) is 31.6 Å². The molecule has 1 amide bonds. The van der Waals surface area contributed by atoms with Crippen LogP contribution in [-0.4, -0.2) is 18.6 Å². The maximum Gasteiger partial charge on any atom is 0.240 e. The molecule has 0 spiro atoms. The number of ether oxygens (including phenoxy) is 1. The molecule has 0 saturated heterocycles. The number of hydrogen-bond acceptors (Lipinski definition) is 4. The van der Waals surface area contributed by atoms with Gasteiger partial charge in [-0.1, -0.05) is 13.3 Å². The minimum atomic E-state index is -0.801. The third-order valence-corrected chi connectivity index (χ3v) is 4.88. The number of carbonyl (C=O) groups excluding carboxylic acids is 1. The van der Waals surface area contributed by atoms with Crippen LogP contribution in [0.25, 0.3) is 10.4 Å². The van der Waals surface area contributed by atoms with Crippen LogP contribution in [0.3, 0.4) is 0 Å². The first-order valence-electron chi connectivity index (χ1n) is 7.76. The maximum atomic E-state index is 12.1. The third kappa shape index (κ3) is 5.23. The van der Waals surface area contributed by atoms with Crippen LogP contribution in [0.2, 0.25) is 0 Å². The zero-order valence-electron chi connectivity index (χ0n) is 14.3. The Morgan fingerprint density at radius 1 is 1.25 bits per heavy atom. The van der Waals surface area contributed by atoms with Crippen LogP contribution in [-0.2, 0) is 11.3 Å². The Bertz CT molecular complexity index is 653. The molecule has 0 aliphatic rings. The van der Waals surface area contributed by atoms with Crippen molar-refractivity contribution in [3.63, 3.8) is 0 Å². The summed E-state index contributed by atoms with van der Waals surface area (Å²) in [5, 5.41) is 2.93. The van der Waals surface area contributed by atoms with Gasteiger partial charge in [0.15, 0.2) is 0 Å². The van der Waals surface area contributed by atoms with Crippen LogP contribution in [0.15, 0.2) is 36.4 Å². The summed E-state index contributed by atoms with van der Waals surface area (Å²) < 4.78 is 5.17. The molecule has 1 aromatic heterocycles. The second-order valence-electron chi connectivity index (χ2n) is 5.84. The van der Waals surface area contributed by atoms with E-state index in [0.29, 0.717) is 13.0 Å². The monoisotopic (exact) mass is 368 g/mol. The largest absolute Gasteiger partial charge is 0.497 e. The molecule has 24 heavy (non-hydrogen) atoms. The lowest BCUT2D eigenvalue weighted by Gasteiger charge is -2.22. The Balaban J connectivity index is 0.00000288. The van der Waals surface area contributed by atoms with Gasteiger partial charge in [-0.2, -0.15) is 0 Å². The number of benzene rings is 1. The Kier molecular flexibility index (Phi) is 7.73. The number of halogens is 1. The average Bonchev–Trinajstić information content (AvgIpc) is 3.01. The highest BCUT2D eigenvalue weighted by atomic mass is 35.5. The van der Waals surface area contributed by atoms with Crippen molar-refractivity contribution in [3.8, 4) is 16.2 Å². The molecule has 4 nitrogen and oxygen atoms in total. The highest BCUT2D eigenvalue weighted by Gasteiger charge is 2.26. The fraction of sp³-hybridized carbons (Fsp3) is 0.389. The van der Waals surface area contributed by atoms with Crippen LogP contribution < -0.4 is 15.8 Å². The molecule has 0 aliphatic heterocycles. The lowest BCUT2D eigenvalue weighted by atomic mass is 9.96. The number of amides is 1. The molecule has 0 bridgehead atoms. The van der Waals surface area contributed by atoms with Gasteiger partial charge in [-0.3, -0.25) is 4.79 Å². The second kappa shape index (κ2) is 9.06. The standard InChI is InChI=1S/C18H24N2O2S.ClH/c1-4-11-18(2,19)17(21)20-12-15-9-10-16(23-15)13-5-7-14(22-3)8-6-13;/h5-10H,4,11-12,19H2,1-3H3,(H,20,21);1H. The molecule has 0 radical (unpaired) electrons. The first-order valence-corrected chi connectivity index (χ1v) is 8.58. The van der Waals surface area contributed by atoms with Crippen LogP contribution in [0.4, 0.5) is 0 Å². The van der Waals surface area contributed by atoms with Gasteiger partial charge in [0.25, 0.3) is 0 Å². The van der Waals surface area contributed by atoms with Crippen molar-refractivity contribution in [3.05, 3.63) is 41.3 Å². The van der Waals surface area contributed by atoms with Gasteiger partial charge in [0, 0.05) is 9.75 Å². The van der Waals surface area contributed by atoms with E-state index in [1.54, 1.807) is 25.4 Å². The van der Waals surface area contributed by atoms with Gasteiger partial charge in [-0.05, 0) is 55.3 Å². The molecule has 0 saturated carbocycles. The van der Waals surface area contributed by atoms with Crippen molar-refractivity contribution in [2.75, 3.05) is 7.11 Å². The van der Waals surface area contributed by atoms with E-state index in [9.17, 15) is 4.79 Å². The molecular weight excluding hydrogens is 344 g/mol. The SMILES string of the molecule is CCCC(C)(N)C(=O)NCc1ccc(-c2ccc(OC)cc2)s1.Cl. The summed E-state index contributed by atoms with van der Waals surface area (Å²) in [6, 6.07) is 12.1. The molecule has 6 heteroatoms. The molecule has 2 aromatic rings. The lowest BCUT2D eigenvalue weighted by Crippen LogP contribution is -2.51. The number of nitrogens with two attached hydrogens (primary N) is 1. The van der Waals surface area contributed by atoms with Gasteiger partial charge in [0.05, 0.1) is 19.2 Å².